The number of aliphatic hydroxyl groups excluding tert-OH is 1. The number of alkyl halides is 3. The molecule has 0 aliphatic carbocycles. The van der Waals surface area contributed by atoms with Crippen LogP contribution < -0.4 is 15.4 Å². The predicted molar refractivity (Wildman–Crippen MR) is 139 cm³/mol. The van der Waals surface area contributed by atoms with Crippen LogP contribution in [-0.4, -0.2) is 29.6 Å². The predicted octanol–water partition coefficient (Wildman–Crippen LogP) is 5.59. The van der Waals surface area contributed by atoms with E-state index >= 15 is 0 Å². The van der Waals surface area contributed by atoms with E-state index in [0.29, 0.717) is 46.0 Å². The van der Waals surface area contributed by atoms with Gasteiger partial charge >= 0.3 is 6.18 Å². The Morgan fingerprint density at radius 1 is 1.11 bits per heavy atom. The number of amides is 2. The number of allylic oxidation sites excluding steroid dienone is 2. The Bertz CT molecular complexity index is 1400. The topological polar surface area (TPSA) is 87.7 Å². The number of benzene rings is 3. The number of rotatable bonds is 7. The molecule has 0 aromatic heterocycles. The van der Waals surface area contributed by atoms with Crippen LogP contribution in [0, 0.1) is 0 Å². The summed E-state index contributed by atoms with van der Waals surface area (Å²) in [4.78, 5) is 24.4. The van der Waals surface area contributed by atoms with Crippen LogP contribution in [0.5, 0.6) is 5.75 Å². The fourth-order valence-electron chi connectivity index (χ4n) is 4.10. The molecule has 0 fully saturated rings. The number of nitrogens with one attached hydrogen (secondary N) is 2. The highest BCUT2D eigenvalue weighted by Gasteiger charge is 2.30. The van der Waals surface area contributed by atoms with Gasteiger partial charge in [0.1, 0.15) is 11.9 Å². The van der Waals surface area contributed by atoms with Gasteiger partial charge in [-0.15, -0.1) is 0 Å². The molecule has 6 nitrogen and oxygen atoms in total. The van der Waals surface area contributed by atoms with E-state index in [9.17, 15) is 27.9 Å². The summed E-state index contributed by atoms with van der Waals surface area (Å²) in [6, 6.07) is 16.9. The highest BCUT2D eigenvalue weighted by Crippen LogP contribution is 2.34. The van der Waals surface area contributed by atoms with Crippen molar-refractivity contribution < 1.29 is 32.6 Å². The molecule has 1 aliphatic heterocycles. The van der Waals surface area contributed by atoms with Gasteiger partial charge in [-0.05, 0) is 48.4 Å². The second kappa shape index (κ2) is 11.4. The lowest BCUT2D eigenvalue weighted by Gasteiger charge is -2.23. The normalized spacial score (nSPS) is 15.7. The Kier molecular flexibility index (Phi) is 7.97. The minimum atomic E-state index is -4.46. The molecular formula is C29H25F3N2O4. The maximum Gasteiger partial charge on any atom is 0.416 e. The Balaban J connectivity index is 1.63. The molecule has 9 heteroatoms. The van der Waals surface area contributed by atoms with Crippen LogP contribution in [0.3, 0.4) is 0 Å². The Morgan fingerprint density at radius 3 is 2.55 bits per heavy atom. The molecule has 0 spiro atoms. The van der Waals surface area contributed by atoms with E-state index in [1.807, 2.05) is 6.92 Å². The molecule has 3 N–H and O–H groups in total. The molecule has 0 saturated carbocycles. The highest BCUT2D eigenvalue weighted by molar-refractivity contribution is 6.03. The van der Waals surface area contributed by atoms with Crippen molar-refractivity contribution in [2.45, 2.75) is 25.6 Å². The van der Waals surface area contributed by atoms with Crippen molar-refractivity contribution in [2.24, 2.45) is 0 Å². The summed E-state index contributed by atoms with van der Waals surface area (Å²) < 4.78 is 45.0. The van der Waals surface area contributed by atoms with Crippen LogP contribution in [0.15, 0.2) is 85.0 Å². The van der Waals surface area contributed by atoms with E-state index in [1.54, 1.807) is 48.5 Å². The first-order valence-electron chi connectivity index (χ1n) is 11.9. The molecule has 1 atom stereocenters. The van der Waals surface area contributed by atoms with Crippen molar-refractivity contribution in [3.63, 3.8) is 0 Å². The zero-order chi connectivity index (χ0) is 27.3. The highest BCUT2D eigenvalue weighted by atomic mass is 19.4. The summed E-state index contributed by atoms with van der Waals surface area (Å²) in [6.45, 7) is 2.22. The number of fused-ring (bicyclic) bond motifs is 1. The van der Waals surface area contributed by atoms with Gasteiger partial charge in [-0.2, -0.15) is 13.2 Å². The molecule has 1 unspecified atom stereocenters. The van der Waals surface area contributed by atoms with E-state index < -0.39 is 29.7 Å². The average Bonchev–Trinajstić information content (AvgIpc) is 2.88. The third-order valence-electron chi connectivity index (χ3n) is 5.90. The second-order valence-electron chi connectivity index (χ2n) is 8.47. The van der Waals surface area contributed by atoms with Gasteiger partial charge in [-0.25, -0.2) is 0 Å². The summed E-state index contributed by atoms with van der Waals surface area (Å²) in [6.07, 6.45) is -1.20. The first-order valence-corrected chi connectivity index (χ1v) is 11.9. The van der Waals surface area contributed by atoms with Crippen LogP contribution >= 0.6 is 0 Å². The zero-order valence-electron chi connectivity index (χ0n) is 20.4. The maximum atomic E-state index is 13.1. The third-order valence-corrected chi connectivity index (χ3v) is 5.90. The average molecular weight is 523 g/mol. The minimum Gasteiger partial charge on any atom is -0.493 e. The number of aliphatic hydroxyl groups is 1. The fraction of sp³-hybridized carbons (Fsp3) is 0.172. The lowest BCUT2D eigenvalue weighted by atomic mass is 9.95. The molecule has 3 aromatic rings. The molecular weight excluding hydrogens is 497 g/mol. The van der Waals surface area contributed by atoms with Crippen LogP contribution in [0.25, 0.3) is 5.57 Å². The van der Waals surface area contributed by atoms with Crippen LogP contribution in [0.1, 0.15) is 29.2 Å². The summed E-state index contributed by atoms with van der Waals surface area (Å²) in [5.74, 6) is -0.421. The standard InChI is InChI=1S/C29H25F3N2O4/c1-2-38-26-11-4-3-7-21(26)20(18-13-15-19(16-14-18)29(30,31)32)8-5-12-27(36)33-23-9-6-10-24-22(23)17-25(35)28(37)34-24/h3-16,25,35H,2,17H2,1H3,(H,33,36)(H,34,37)/b12-5+,20-8+. The van der Waals surface area contributed by atoms with Crippen molar-refractivity contribution in [2.75, 3.05) is 17.2 Å². The molecule has 0 saturated heterocycles. The summed E-state index contributed by atoms with van der Waals surface area (Å²) in [5, 5.41) is 15.2. The SMILES string of the molecule is CCOc1ccccc1/C(=C/C=C/C(=O)Nc1cccc2c1CC(O)C(=O)N2)c1ccc(C(F)(F)F)cc1. The van der Waals surface area contributed by atoms with Gasteiger partial charge in [0.2, 0.25) is 5.91 Å². The Hall–Kier alpha value is -4.37. The number of hydrogen-bond donors (Lipinski definition) is 3. The second-order valence-corrected chi connectivity index (χ2v) is 8.47. The number of carbonyl (C=O) groups is 2. The van der Waals surface area contributed by atoms with Gasteiger partial charge in [0.05, 0.1) is 12.2 Å². The molecule has 4 rings (SSSR count). The van der Waals surface area contributed by atoms with Crippen molar-refractivity contribution >= 4 is 28.8 Å². The summed E-state index contributed by atoms with van der Waals surface area (Å²) in [5.41, 5.74) is 2.53. The number of carbonyl (C=O) groups excluding carboxylic acids is 2. The molecule has 1 heterocycles. The number of hydrogen-bond acceptors (Lipinski definition) is 4. The van der Waals surface area contributed by atoms with E-state index in [4.69, 9.17) is 4.74 Å². The first-order chi connectivity index (χ1) is 18.2. The summed E-state index contributed by atoms with van der Waals surface area (Å²) >= 11 is 0. The summed E-state index contributed by atoms with van der Waals surface area (Å²) in [7, 11) is 0. The van der Waals surface area contributed by atoms with E-state index in [0.717, 1.165) is 12.1 Å². The molecule has 3 aromatic carbocycles. The fourth-order valence-corrected chi connectivity index (χ4v) is 4.10. The van der Waals surface area contributed by atoms with Crippen molar-refractivity contribution in [1.29, 1.82) is 0 Å². The van der Waals surface area contributed by atoms with Gasteiger partial charge in [0.15, 0.2) is 0 Å². The van der Waals surface area contributed by atoms with Gasteiger partial charge in [-0.3, -0.25) is 9.59 Å². The van der Waals surface area contributed by atoms with Gasteiger partial charge in [0.25, 0.3) is 5.91 Å². The smallest absolute Gasteiger partial charge is 0.416 e. The number of anilines is 2. The lowest BCUT2D eigenvalue weighted by Crippen LogP contribution is -2.34. The van der Waals surface area contributed by atoms with Gasteiger partial charge in [0, 0.05) is 35.0 Å². The lowest BCUT2D eigenvalue weighted by molar-refractivity contribution is -0.137. The maximum absolute atomic E-state index is 13.1. The van der Waals surface area contributed by atoms with Crippen molar-refractivity contribution in [3.05, 3.63) is 107 Å². The van der Waals surface area contributed by atoms with Crippen LogP contribution in [0.2, 0.25) is 0 Å². The minimum absolute atomic E-state index is 0.0630. The molecule has 1 aliphatic rings. The monoisotopic (exact) mass is 522 g/mol. The quantitative estimate of drug-likeness (QED) is 0.279. The Morgan fingerprint density at radius 2 is 1.84 bits per heavy atom. The van der Waals surface area contributed by atoms with E-state index in [-0.39, 0.29) is 6.42 Å². The zero-order valence-corrected chi connectivity index (χ0v) is 20.4. The van der Waals surface area contributed by atoms with E-state index in [2.05, 4.69) is 10.6 Å². The van der Waals surface area contributed by atoms with Crippen LogP contribution in [-0.2, 0) is 22.2 Å². The van der Waals surface area contributed by atoms with Crippen LogP contribution in [0.4, 0.5) is 24.5 Å². The number of ether oxygens (including phenoxy) is 1. The van der Waals surface area contributed by atoms with Crippen molar-refractivity contribution in [3.8, 4) is 5.75 Å². The molecule has 2 amide bonds. The molecule has 196 valence electrons. The number of para-hydroxylation sites is 1. The van der Waals surface area contributed by atoms with Crippen molar-refractivity contribution in [1.82, 2.24) is 0 Å². The largest absolute Gasteiger partial charge is 0.493 e. The molecule has 0 radical (unpaired) electrons. The Labute approximate surface area is 217 Å². The number of halogens is 3. The van der Waals surface area contributed by atoms with Gasteiger partial charge < -0.3 is 20.5 Å². The third kappa shape index (κ3) is 6.12. The van der Waals surface area contributed by atoms with E-state index in [1.165, 1.54) is 24.3 Å². The first kappa shape index (κ1) is 26.7. The molecule has 38 heavy (non-hydrogen) atoms. The van der Waals surface area contributed by atoms with Gasteiger partial charge in [-0.1, -0.05) is 48.6 Å². The molecule has 0 bridgehead atoms.